The number of hydrogen-bond acceptors (Lipinski definition) is 5. The van der Waals surface area contributed by atoms with Gasteiger partial charge >= 0.3 is 0 Å². The van der Waals surface area contributed by atoms with Crippen LogP contribution in [0, 0.1) is 0 Å². The minimum atomic E-state index is 0.338. The fourth-order valence-electron chi connectivity index (χ4n) is 3.74. The molecule has 5 rings (SSSR count). The molecule has 4 heterocycles. The molecule has 31 heavy (non-hydrogen) atoms. The number of nitrogens with zero attached hydrogens (tertiary/aromatic N) is 3. The first-order chi connectivity index (χ1) is 15.3. The summed E-state index contributed by atoms with van der Waals surface area (Å²) in [6, 6.07) is 12.7. The van der Waals surface area contributed by atoms with Gasteiger partial charge in [-0.15, -0.1) is 0 Å². The third-order valence-corrected chi connectivity index (χ3v) is 5.37. The van der Waals surface area contributed by atoms with Gasteiger partial charge in [0.2, 0.25) is 0 Å². The maximum Gasteiger partial charge on any atom is 0.123 e. The Balaban J connectivity index is 0.00000112. The molecule has 160 valence electrons. The zero-order valence-electron chi connectivity index (χ0n) is 18.0. The van der Waals surface area contributed by atoms with E-state index >= 15 is 0 Å². The van der Waals surface area contributed by atoms with Gasteiger partial charge in [-0.2, -0.15) is 0 Å². The van der Waals surface area contributed by atoms with Crippen molar-refractivity contribution in [2.75, 3.05) is 6.54 Å². The van der Waals surface area contributed by atoms with Gasteiger partial charge in [0.05, 0.1) is 42.1 Å². The van der Waals surface area contributed by atoms with Crippen LogP contribution in [0.5, 0.6) is 0 Å². The van der Waals surface area contributed by atoms with Gasteiger partial charge in [-0.1, -0.05) is 38.1 Å². The molecule has 1 atom stereocenters. The summed E-state index contributed by atoms with van der Waals surface area (Å²) in [6.45, 7) is 5.47. The van der Waals surface area contributed by atoms with Crippen molar-refractivity contribution >= 4 is 0 Å². The van der Waals surface area contributed by atoms with Crippen molar-refractivity contribution in [2.45, 2.75) is 39.3 Å². The van der Waals surface area contributed by atoms with Crippen LogP contribution in [0.3, 0.4) is 0 Å². The molecule has 7 heteroatoms. The molecular weight excluding hydrogens is 386 g/mol. The number of H-pyrrole nitrogens is 2. The zero-order chi connectivity index (χ0) is 21.6. The Hall–Kier alpha value is -3.29. The first kappa shape index (κ1) is 21.0. The van der Waals surface area contributed by atoms with E-state index in [1.165, 1.54) is 6.42 Å². The Morgan fingerprint density at radius 1 is 0.839 bits per heavy atom. The van der Waals surface area contributed by atoms with Crippen LogP contribution in [0.4, 0.5) is 0 Å². The van der Waals surface area contributed by atoms with Crippen molar-refractivity contribution in [1.29, 1.82) is 0 Å². The Morgan fingerprint density at radius 3 is 2.19 bits per heavy atom. The molecule has 5 N–H and O–H groups in total. The number of aromatic nitrogens is 5. The van der Waals surface area contributed by atoms with E-state index in [1.54, 1.807) is 0 Å². The second kappa shape index (κ2) is 9.68. The zero-order valence-corrected chi connectivity index (χ0v) is 18.0. The third kappa shape index (κ3) is 4.57. The van der Waals surface area contributed by atoms with Crippen molar-refractivity contribution in [3.05, 3.63) is 66.6 Å². The lowest BCUT2D eigenvalue weighted by molar-refractivity contribution is 0.613. The van der Waals surface area contributed by atoms with Crippen LogP contribution < -0.4 is 11.1 Å². The van der Waals surface area contributed by atoms with Crippen LogP contribution >= 0.6 is 0 Å². The molecule has 0 radical (unpaired) electrons. The molecule has 1 aliphatic heterocycles. The number of benzene rings is 1. The molecular formula is C24H29N7. The molecule has 0 saturated carbocycles. The average molecular weight is 416 g/mol. The molecule has 7 nitrogen and oxygen atoms in total. The van der Waals surface area contributed by atoms with E-state index in [-0.39, 0.29) is 0 Å². The minimum Gasteiger partial charge on any atom is -0.341 e. The van der Waals surface area contributed by atoms with Crippen LogP contribution in [0.25, 0.3) is 33.8 Å². The van der Waals surface area contributed by atoms with Crippen molar-refractivity contribution in [2.24, 2.45) is 5.73 Å². The maximum atomic E-state index is 5.62. The van der Waals surface area contributed by atoms with E-state index in [2.05, 4.69) is 60.6 Å². The van der Waals surface area contributed by atoms with Crippen molar-refractivity contribution < 1.29 is 0 Å². The van der Waals surface area contributed by atoms with Gasteiger partial charge in [0.25, 0.3) is 0 Å². The summed E-state index contributed by atoms with van der Waals surface area (Å²) in [7, 11) is 0. The number of nitrogens with two attached hydrogens (primary N) is 1. The summed E-state index contributed by atoms with van der Waals surface area (Å²) in [5, 5.41) is 3.47. The third-order valence-electron chi connectivity index (χ3n) is 5.37. The summed E-state index contributed by atoms with van der Waals surface area (Å²) < 4.78 is 0. The predicted molar refractivity (Wildman–Crippen MR) is 124 cm³/mol. The molecule has 1 aliphatic rings. The quantitative estimate of drug-likeness (QED) is 0.385. The average Bonchev–Trinajstić information content (AvgIpc) is 3.62. The molecule has 1 aromatic carbocycles. The highest BCUT2D eigenvalue weighted by Crippen LogP contribution is 2.26. The van der Waals surface area contributed by atoms with Gasteiger partial charge in [0.1, 0.15) is 11.6 Å². The van der Waals surface area contributed by atoms with Gasteiger partial charge in [-0.05, 0) is 37.1 Å². The van der Waals surface area contributed by atoms with Gasteiger partial charge in [0.15, 0.2) is 0 Å². The van der Waals surface area contributed by atoms with Gasteiger partial charge < -0.3 is 21.0 Å². The van der Waals surface area contributed by atoms with Crippen molar-refractivity contribution in [3.63, 3.8) is 0 Å². The van der Waals surface area contributed by atoms with Crippen LogP contribution in [0.15, 0.2) is 55.0 Å². The van der Waals surface area contributed by atoms with E-state index in [0.29, 0.717) is 12.6 Å². The summed E-state index contributed by atoms with van der Waals surface area (Å²) in [5.41, 5.74) is 11.7. The molecule has 4 aromatic rings. The van der Waals surface area contributed by atoms with E-state index in [1.807, 2.05) is 38.5 Å². The van der Waals surface area contributed by atoms with E-state index < -0.39 is 0 Å². The first-order valence-electron chi connectivity index (χ1n) is 10.9. The van der Waals surface area contributed by atoms with Crippen LogP contribution in [0.1, 0.15) is 44.4 Å². The van der Waals surface area contributed by atoms with Gasteiger partial charge in [-0.25, -0.2) is 9.97 Å². The molecule has 0 aliphatic carbocycles. The Kier molecular flexibility index (Phi) is 6.54. The number of aromatic amines is 2. The molecule has 1 saturated heterocycles. The topological polar surface area (TPSA) is 108 Å². The lowest BCUT2D eigenvalue weighted by atomic mass is 10.1. The maximum absolute atomic E-state index is 5.62. The number of imidazole rings is 2. The van der Waals surface area contributed by atoms with E-state index in [9.17, 15) is 0 Å². The standard InChI is InChI=1S/C22H23N7.C2H6/c23-10-21-26-12-19(28-21)15-5-3-14(4-6-15)17-8-7-16(11-25-17)20-13-27-22(29-20)18-2-1-9-24-18;1-2/h3-8,11-13,18,24H,1-2,9-10,23H2,(H,26,28)(H,27,29);1-2H3/t18-;/m0./s1. The summed E-state index contributed by atoms with van der Waals surface area (Å²) in [5.74, 6) is 1.79. The number of rotatable bonds is 5. The Labute approximate surface area is 182 Å². The molecule has 3 aromatic heterocycles. The molecule has 0 amide bonds. The summed E-state index contributed by atoms with van der Waals surface area (Å²) in [6.07, 6.45) is 7.92. The van der Waals surface area contributed by atoms with Crippen molar-refractivity contribution in [1.82, 2.24) is 30.2 Å². The summed E-state index contributed by atoms with van der Waals surface area (Å²) >= 11 is 0. The number of nitrogens with one attached hydrogen (secondary N) is 3. The van der Waals surface area contributed by atoms with E-state index in [0.717, 1.165) is 58.4 Å². The van der Waals surface area contributed by atoms with Gasteiger partial charge in [0, 0.05) is 17.3 Å². The lowest BCUT2D eigenvalue weighted by Crippen LogP contribution is -2.14. The molecule has 0 bridgehead atoms. The summed E-state index contributed by atoms with van der Waals surface area (Å²) in [4.78, 5) is 20.1. The van der Waals surface area contributed by atoms with Crippen molar-refractivity contribution in [3.8, 4) is 33.8 Å². The van der Waals surface area contributed by atoms with Crippen LogP contribution in [0.2, 0.25) is 0 Å². The highest BCUT2D eigenvalue weighted by atomic mass is 15.0. The fraction of sp³-hybridized carbons (Fsp3) is 0.292. The van der Waals surface area contributed by atoms with Gasteiger partial charge in [-0.3, -0.25) is 4.98 Å². The Bertz CT molecular complexity index is 1090. The monoisotopic (exact) mass is 415 g/mol. The predicted octanol–water partition coefficient (Wildman–Crippen LogP) is 4.44. The SMILES string of the molecule is CC.NCc1ncc(-c2ccc(-c3ccc(-c4cnc([C@@H]5CCCN5)[nH]4)cn3)cc2)[nH]1. The van der Waals surface area contributed by atoms with Crippen LogP contribution in [-0.4, -0.2) is 31.5 Å². The molecule has 1 fully saturated rings. The lowest BCUT2D eigenvalue weighted by Gasteiger charge is -2.06. The largest absolute Gasteiger partial charge is 0.341 e. The normalized spacial score (nSPS) is 15.5. The highest BCUT2D eigenvalue weighted by Gasteiger charge is 2.19. The van der Waals surface area contributed by atoms with Crippen LogP contribution in [-0.2, 0) is 6.54 Å². The second-order valence-electron chi connectivity index (χ2n) is 7.29. The molecule has 0 unspecified atom stereocenters. The van der Waals surface area contributed by atoms with E-state index in [4.69, 9.17) is 5.73 Å². The first-order valence-corrected chi connectivity index (χ1v) is 10.9. The number of pyridine rings is 1. The fourth-order valence-corrected chi connectivity index (χ4v) is 3.74. The smallest absolute Gasteiger partial charge is 0.123 e. The Morgan fingerprint density at radius 2 is 1.55 bits per heavy atom. The highest BCUT2D eigenvalue weighted by molar-refractivity contribution is 5.68. The minimum absolute atomic E-state index is 0.338. The molecule has 0 spiro atoms. The second-order valence-corrected chi connectivity index (χ2v) is 7.29. The number of hydrogen-bond donors (Lipinski definition) is 4.